The number of carbonyl (C=O) groups is 5. The highest BCUT2D eigenvalue weighted by atomic mass is 16.7. The Morgan fingerprint density at radius 1 is 0.839 bits per heavy atom. The lowest BCUT2D eigenvalue weighted by Gasteiger charge is -2.43. The van der Waals surface area contributed by atoms with Gasteiger partial charge in [0.1, 0.15) is 12.0 Å². The van der Waals surface area contributed by atoms with Gasteiger partial charge in [0.25, 0.3) is 0 Å². The summed E-state index contributed by atoms with van der Waals surface area (Å²) in [4.78, 5) is 58.2. The molecule has 2 rings (SSSR count). The SMILES string of the molecule is COC(=O)[C@H]1OC(Oc2ccc(C=O)cc2)C(OC(C)=O)[C@@H](OC(C)=O)[C@@H]1OC(C)=O. The Balaban J connectivity index is 2.47. The molecule has 1 heterocycles. The zero-order valence-electron chi connectivity index (χ0n) is 17.3. The van der Waals surface area contributed by atoms with Crippen molar-refractivity contribution in [3.05, 3.63) is 29.8 Å². The van der Waals surface area contributed by atoms with Crippen LogP contribution < -0.4 is 4.74 Å². The van der Waals surface area contributed by atoms with Gasteiger partial charge in [0, 0.05) is 26.3 Å². The Morgan fingerprint density at radius 3 is 1.84 bits per heavy atom. The van der Waals surface area contributed by atoms with Crippen molar-refractivity contribution in [3.63, 3.8) is 0 Å². The molecule has 0 saturated carbocycles. The molecule has 11 heteroatoms. The first-order valence-corrected chi connectivity index (χ1v) is 9.13. The third-order valence-corrected chi connectivity index (χ3v) is 4.10. The summed E-state index contributed by atoms with van der Waals surface area (Å²) < 4.78 is 31.7. The van der Waals surface area contributed by atoms with E-state index in [4.69, 9.17) is 28.4 Å². The molecule has 5 atom stereocenters. The first-order valence-electron chi connectivity index (χ1n) is 9.13. The first-order chi connectivity index (χ1) is 14.7. The van der Waals surface area contributed by atoms with Crippen LogP contribution in [-0.2, 0) is 42.9 Å². The van der Waals surface area contributed by atoms with E-state index in [1.54, 1.807) is 0 Å². The number of rotatable bonds is 7. The van der Waals surface area contributed by atoms with Gasteiger partial charge in [-0.05, 0) is 24.3 Å². The van der Waals surface area contributed by atoms with Crippen LogP contribution in [0.25, 0.3) is 0 Å². The molecule has 1 aliphatic heterocycles. The van der Waals surface area contributed by atoms with Crippen molar-refractivity contribution in [2.24, 2.45) is 0 Å². The minimum absolute atomic E-state index is 0.198. The Bertz CT molecular complexity index is 832. The third-order valence-electron chi connectivity index (χ3n) is 4.10. The van der Waals surface area contributed by atoms with E-state index in [0.29, 0.717) is 11.8 Å². The van der Waals surface area contributed by atoms with Gasteiger partial charge in [0.2, 0.25) is 12.4 Å². The van der Waals surface area contributed by atoms with Crippen LogP contribution in [0.5, 0.6) is 5.75 Å². The minimum atomic E-state index is -1.55. The lowest BCUT2D eigenvalue weighted by atomic mass is 9.97. The van der Waals surface area contributed by atoms with Gasteiger partial charge in [-0.3, -0.25) is 19.2 Å². The van der Waals surface area contributed by atoms with Gasteiger partial charge >= 0.3 is 23.9 Å². The van der Waals surface area contributed by atoms with Gasteiger partial charge in [0.15, 0.2) is 18.3 Å². The number of benzene rings is 1. The van der Waals surface area contributed by atoms with E-state index in [1.807, 2.05) is 0 Å². The molecule has 11 nitrogen and oxygen atoms in total. The summed E-state index contributed by atoms with van der Waals surface area (Å²) in [5.41, 5.74) is 0.383. The summed E-state index contributed by atoms with van der Waals surface area (Å²) in [5.74, 6) is -3.10. The van der Waals surface area contributed by atoms with Crippen LogP contribution in [0.3, 0.4) is 0 Å². The van der Waals surface area contributed by atoms with Gasteiger partial charge in [-0.25, -0.2) is 4.79 Å². The van der Waals surface area contributed by atoms with Crippen LogP contribution in [0.15, 0.2) is 24.3 Å². The predicted molar refractivity (Wildman–Crippen MR) is 99.8 cm³/mol. The average Bonchev–Trinajstić information content (AvgIpc) is 2.71. The van der Waals surface area contributed by atoms with Crippen molar-refractivity contribution in [1.82, 2.24) is 0 Å². The molecule has 2 unspecified atom stereocenters. The van der Waals surface area contributed by atoms with Gasteiger partial charge in [-0.1, -0.05) is 0 Å². The Morgan fingerprint density at radius 2 is 1.35 bits per heavy atom. The van der Waals surface area contributed by atoms with Crippen molar-refractivity contribution in [3.8, 4) is 5.75 Å². The standard InChI is InChI=1S/C20H22O11/c1-10(22)27-15-16(28-11(2)23)18(29-12(3)24)20(31-17(15)19(25)26-4)30-14-7-5-13(9-21)6-8-14/h5-9,15-18,20H,1-4H3/t15-,16-,17-,18?,20?/m0/s1. The molecule has 0 N–H and O–H groups in total. The molecule has 0 amide bonds. The summed E-state index contributed by atoms with van der Waals surface area (Å²) in [5, 5.41) is 0. The molecule has 1 aromatic carbocycles. The summed E-state index contributed by atoms with van der Waals surface area (Å²) >= 11 is 0. The van der Waals surface area contributed by atoms with Gasteiger partial charge in [0.05, 0.1) is 7.11 Å². The summed E-state index contributed by atoms with van der Waals surface area (Å²) in [6, 6.07) is 5.83. The fraction of sp³-hybridized carbons (Fsp3) is 0.450. The number of carbonyl (C=O) groups excluding carboxylic acids is 5. The summed E-state index contributed by atoms with van der Waals surface area (Å²) in [7, 11) is 1.09. The number of ether oxygens (including phenoxy) is 6. The van der Waals surface area contributed by atoms with Gasteiger partial charge < -0.3 is 28.4 Å². The maximum absolute atomic E-state index is 12.3. The molecular formula is C20H22O11. The molecule has 1 aliphatic rings. The van der Waals surface area contributed by atoms with E-state index in [1.165, 1.54) is 24.3 Å². The maximum atomic E-state index is 12.3. The van der Waals surface area contributed by atoms with E-state index in [-0.39, 0.29) is 5.75 Å². The minimum Gasteiger partial charge on any atom is -0.467 e. The lowest BCUT2D eigenvalue weighted by molar-refractivity contribution is -0.282. The molecule has 31 heavy (non-hydrogen) atoms. The summed E-state index contributed by atoms with van der Waals surface area (Å²) in [6.07, 6.45) is -6.69. The predicted octanol–water partition coefficient (Wildman–Crippen LogP) is 0.571. The van der Waals surface area contributed by atoms with E-state index in [2.05, 4.69) is 0 Å². The molecule has 0 spiro atoms. The second kappa shape index (κ2) is 10.5. The van der Waals surface area contributed by atoms with E-state index < -0.39 is 54.6 Å². The van der Waals surface area contributed by atoms with Gasteiger partial charge in [-0.2, -0.15) is 0 Å². The fourth-order valence-electron chi connectivity index (χ4n) is 2.93. The number of methoxy groups -OCH3 is 1. The van der Waals surface area contributed by atoms with Crippen molar-refractivity contribution in [2.75, 3.05) is 7.11 Å². The van der Waals surface area contributed by atoms with Crippen molar-refractivity contribution >= 4 is 30.2 Å². The zero-order valence-corrected chi connectivity index (χ0v) is 17.3. The topological polar surface area (TPSA) is 141 Å². The Labute approximate surface area is 177 Å². The fourth-order valence-corrected chi connectivity index (χ4v) is 2.93. The Hall–Kier alpha value is -3.47. The second-order valence-corrected chi connectivity index (χ2v) is 6.48. The third kappa shape index (κ3) is 6.25. The largest absolute Gasteiger partial charge is 0.467 e. The molecule has 0 bridgehead atoms. The Kier molecular flexibility index (Phi) is 8.08. The molecular weight excluding hydrogens is 416 g/mol. The molecule has 0 aliphatic carbocycles. The van der Waals surface area contributed by atoms with E-state index in [9.17, 15) is 24.0 Å². The number of hydrogen-bond acceptors (Lipinski definition) is 11. The smallest absolute Gasteiger partial charge is 0.339 e. The number of hydrogen-bond donors (Lipinski definition) is 0. The number of aldehydes is 1. The van der Waals surface area contributed by atoms with Crippen molar-refractivity contribution in [2.45, 2.75) is 51.5 Å². The zero-order chi connectivity index (χ0) is 23.1. The highest BCUT2D eigenvalue weighted by Crippen LogP contribution is 2.31. The van der Waals surface area contributed by atoms with Crippen LogP contribution in [0.1, 0.15) is 31.1 Å². The van der Waals surface area contributed by atoms with Gasteiger partial charge in [-0.15, -0.1) is 0 Å². The quantitative estimate of drug-likeness (QED) is 0.335. The number of esters is 4. The molecule has 1 aromatic rings. The molecule has 168 valence electrons. The normalized spacial score (nSPS) is 25.0. The first kappa shape index (κ1) is 23.8. The van der Waals surface area contributed by atoms with Crippen LogP contribution >= 0.6 is 0 Å². The van der Waals surface area contributed by atoms with E-state index >= 15 is 0 Å². The molecule has 1 saturated heterocycles. The monoisotopic (exact) mass is 438 g/mol. The van der Waals surface area contributed by atoms with Crippen LogP contribution in [0.2, 0.25) is 0 Å². The highest BCUT2D eigenvalue weighted by Gasteiger charge is 2.55. The molecule has 1 fully saturated rings. The van der Waals surface area contributed by atoms with Crippen LogP contribution in [-0.4, -0.2) is 68.0 Å². The maximum Gasteiger partial charge on any atom is 0.339 e. The highest BCUT2D eigenvalue weighted by molar-refractivity contribution is 5.77. The van der Waals surface area contributed by atoms with Crippen molar-refractivity contribution < 1.29 is 52.4 Å². The van der Waals surface area contributed by atoms with Crippen LogP contribution in [0.4, 0.5) is 0 Å². The average molecular weight is 438 g/mol. The molecule has 0 aromatic heterocycles. The van der Waals surface area contributed by atoms with Crippen molar-refractivity contribution in [1.29, 1.82) is 0 Å². The molecule has 0 radical (unpaired) electrons. The summed E-state index contributed by atoms with van der Waals surface area (Å²) in [6.45, 7) is 3.28. The lowest BCUT2D eigenvalue weighted by Crippen LogP contribution is -2.64. The second-order valence-electron chi connectivity index (χ2n) is 6.48. The van der Waals surface area contributed by atoms with Crippen LogP contribution in [0, 0.1) is 0 Å². The van der Waals surface area contributed by atoms with E-state index in [0.717, 1.165) is 27.9 Å².